The maximum atomic E-state index is 11.2. The Hall–Kier alpha value is -0.630. The summed E-state index contributed by atoms with van der Waals surface area (Å²) in [4.78, 5) is 11.2. The summed E-state index contributed by atoms with van der Waals surface area (Å²) in [6.45, 7) is 7.53. The Kier molecular flexibility index (Phi) is 5.63. The van der Waals surface area contributed by atoms with Crippen LogP contribution in [-0.4, -0.2) is 17.0 Å². The van der Waals surface area contributed by atoms with Crippen LogP contribution in [0.5, 0.6) is 0 Å². The molecule has 0 radical (unpaired) electrons. The smallest absolute Gasteiger partial charge is 0.157 e. The molecular weight excluding hydrogens is 164 g/mol. The van der Waals surface area contributed by atoms with E-state index in [1.165, 1.54) is 0 Å². The highest BCUT2D eigenvalue weighted by Gasteiger charge is 2.10. The molecule has 0 saturated heterocycles. The molecule has 0 spiro atoms. The highest BCUT2D eigenvalue weighted by atomic mass is 16.3. The number of hydrogen-bond acceptors (Lipinski definition) is 2. The highest BCUT2D eigenvalue weighted by Crippen LogP contribution is 2.11. The summed E-state index contributed by atoms with van der Waals surface area (Å²) in [7, 11) is 0. The summed E-state index contributed by atoms with van der Waals surface area (Å²) < 4.78 is 0. The zero-order valence-electron chi connectivity index (χ0n) is 9.00. The molecule has 0 saturated carbocycles. The van der Waals surface area contributed by atoms with Gasteiger partial charge in [0.05, 0.1) is 6.10 Å². The van der Waals surface area contributed by atoms with Crippen molar-refractivity contribution in [1.82, 2.24) is 0 Å². The maximum Gasteiger partial charge on any atom is 0.157 e. The molecule has 2 nitrogen and oxygen atoms in total. The molecule has 0 rings (SSSR count). The van der Waals surface area contributed by atoms with Crippen molar-refractivity contribution in [2.24, 2.45) is 5.92 Å². The molecule has 0 aliphatic heterocycles. The van der Waals surface area contributed by atoms with Crippen LogP contribution < -0.4 is 0 Å². The molecule has 2 heteroatoms. The van der Waals surface area contributed by atoms with Crippen molar-refractivity contribution in [3.8, 4) is 0 Å². The number of allylic oxidation sites excluding steroid dienone is 1. The molecule has 0 fully saturated rings. The monoisotopic (exact) mass is 184 g/mol. The Morgan fingerprint density at radius 2 is 2.00 bits per heavy atom. The normalized spacial score (nSPS) is 16.8. The number of Topliss-reactive ketones (excluding diaryl/α,β-unsaturated/α-hetero) is 1. The summed E-state index contributed by atoms with van der Waals surface area (Å²) in [6.07, 6.45) is 2.79. The van der Waals surface area contributed by atoms with Crippen molar-refractivity contribution in [1.29, 1.82) is 0 Å². The van der Waals surface area contributed by atoms with Crippen LogP contribution in [0.1, 0.15) is 40.5 Å². The quantitative estimate of drug-likeness (QED) is 0.666. The number of hydrogen-bond donors (Lipinski definition) is 1. The Bertz CT molecular complexity index is 194. The second-order valence-electron chi connectivity index (χ2n) is 3.46. The molecule has 0 aliphatic carbocycles. The fourth-order valence-corrected chi connectivity index (χ4v) is 1.25. The number of aliphatic hydroxyl groups is 1. The minimum Gasteiger partial charge on any atom is -0.393 e. The first-order valence-corrected chi connectivity index (χ1v) is 4.92. The van der Waals surface area contributed by atoms with E-state index in [0.29, 0.717) is 6.42 Å². The molecule has 2 atom stereocenters. The first kappa shape index (κ1) is 12.4. The van der Waals surface area contributed by atoms with Crippen molar-refractivity contribution < 1.29 is 9.90 Å². The van der Waals surface area contributed by atoms with Crippen LogP contribution in [0, 0.1) is 5.92 Å². The Morgan fingerprint density at radius 3 is 2.38 bits per heavy atom. The summed E-state index contributed by atoms with van der Waals surface area (Å²) in [5, 5.41) is 9.47. The van der Waals surface area contributed by atoms with E-state index in [1.807, 2.05) is 33.8 Å². The predicted octanol–water partition coefficient (Wildman–Crippen LogP) is 2.32. The zero-order chi connectivity index (χ0) is 10.4. The fourth-order valence-electron chi connectivity index (χ4n) is 1.25. The van der Waals surface area contributed by atoms with Crippen LogP contribution >= 0.6 is 0 Å². The lowest BCUT2D eigenvalue weighted by atomic mass is 9.98. The van der Waals surface area contributed by atoms with Crippen molar-refractivity contribution in [2.75, 3.05) is 0 Å². The highest BCUT2D eigenvalue weighted by molar-refractivity contribution is 5.94. The molecule has 0 unspecified atom stereocenters. The third-order valence-electron chi connectivity index (χ3n) is 2.30. The SMILES string of the molecule is CCC(=O)/C(C)=C/[C@H](C)[C@@H](O)CC. The van der Waals surface area contributed by atoms with E-state index in [4.69, 9.17) is 0 Å². The molecule has 0 amide bonds. The second kappa shape index (κ2) is 5.92. The Labute approximate surface area is 80.7 Å². The molecule has 0 aliphatic rings. The van der Waals surface area contributed by atoms with Crippen LogP contribution in [-0.2, 0) is 4.79 Å². The standard InChI is InChI=1S/C11H20O2/c1-5-10(12)8(3)7-9(4)11(13)6-2/h7-8,10,12H,5-6H2,1-4H3/b9-7+/t8-,10-/m0/s1. The molecule has 0 aromatic carbocycles. The number of carbonyl (C=O) groups is 1. The van der Waals surface area contributed by atoms with Gasteiger partial charge in [-0.15, -0.1) is 0 Å². The minimum atomic E-state index is -0.334. The average Bonchev–Trinajstić information content (AvgIpc) is 2.14. The Morgan fingerprint density at radius 1 is 1.46 bits per heavy atom. The summed E-state index contributed by atoms with van der Waals surface area (Å²) >= 11 is 0. The molecular formula is C11H20O2. The fraction of sp³-hybridized carbons (Fsp3) is 0.727. The lowest BCUT2D eigenvalue weighted by Crippen LogP contribution is -2.15. The van der Waals surface area contributed by atoms with E-state index < -0.39 is 0 Å². The third-order valence-corrected chi connectivity index (χ3v) is 2.30. The van der Waals surface area contributed by atoms with Gasteiger partial charge in [0.15, 0.2) is 5.78 Å². The Balaban J connectivity index is 4.29. The van der Waals surface area contributed by atoms with Gasteiger partial charge in [0, 0.05) is 12.3 Å². The lowest BCUT2D eigenvalue weighted by Gasteiger charge is -2.13. The van der Waals surface area contributed by atoms with Gasteiger partial charge < -0.3 is 5.11 Å². The van der Waals surface area contributed by atoms with Gasteiger partial charge in [-0.2, -0.15) is 0 Å². The summed E-state index contributed by atoms with van der Waals surface area (Å²) in [6, 6.07) is 0. The third kappa shape index (κ3) is 4.23. The molecule has 0 bridgehead atoms. The van der Waals surface area contributed by atoms with Crippen LogP contribution in [0.4, 0.5) is 0 Å². The molecule has 1 N–H and O–H groups in total. The van der Waals surface area contributed by atoms with Gasteiger partial charge in [-0.05, 0) is 18.9 Å². The lowest BCUT2D eigenvalue weighted by molar-refractivity contribution is -0.115. The predicted molar refractivity (Wildman–Crippen MR) is 54.5 cm³/mol. The first-order valence-electron chi connectivity index (χ1n) is 4.92. The van der Waals surface area contributed by atoms with Gasteiger partial charge >= 0.3 is 0 Å². The summed E-state index contributed by atoms with van der Waals surface area (Å²) in [5.41, 5.74) is 0.766. The number of aliphatic hydroxyl groups excluding tert-OH is 1. The van der Waals surface area contributed by atoms with Gasteiger partial charge in [-0.25, -0.2) is 0 Å². The maximum absolute atomic E-state index is 11.2. The van der Waals surface area contributed by atoms with E-state index in [9.17, 15) is 9.90 Å². The topological polar surface area (TPSA) is 37.3 Å². The largest absolute Gasteiger partial charge is 0.393 e. The number of ketones is 1. The van der Waals surface area contributed by atoms with Crippen molar-refractivity contribution in [2.45, 2.75) is 46.6 Å². The minimum absolute atomic E-state index is 0.0699. The van der Waals surface area contributed by atoms with Gasteiger partial charge in [0.2, 0.25) is 0 Å². The van der Waals surface area contributed by atoms with Gasteiger partial charge in [-0.3, -0.25) is 4.79 Å². The van der Waals surface area contributed by atoms with Gasteiger partial charge in [0.1, 0.15) is 0 Å². The van der Waals surface area contributed by atoms with Gasteiger partial charge in [0.25, 0.3) is 0 Å². The molecule has 13 heavy (non-hydrogen) atoms. The van der Waals surface area contributed by atoms with Crippen LogP contribution in [0.3, 0.4) is 0 Å². The molecule has 0 aromatic rings. The van der Waals surface area contributed by atoms with Crippen molar-refractivity contribution in [3.63, 3.8) is 0 Å². The average molecular weight is 184 g/mol. The van der Waals surface area contributed by atoms with Crippen molar-refractivity contribution in [3.05, 3.63) is 11.6 Å². The van der Waals surface area contributed by atoms with E-state index in [0.717, 1.165) is 12.0 Å². The van der Waals surface area contributed by atoms with Crippen LogP contribution in [0.2, 0.25) is 0 Å². The number of carbonyl (C=O) groups excluding carboxylic acids is 1. The molecule has 76 valence electrons. The van der Waals surface area contributed by atoms with E-state index in [1.54, 1.807) is 0 Å². The molecule has 0 heterocycles. The number of rotatable bonds is 5. The zero-order valence-corrected chi connectivity index (χ0v) is 9.00. The second-order valence-corrected chi connectivity index (χ2v) is 3.46. The summed E-state index contributed by atoms with van der Waals surface area (Å²) in [5.74, 6) is 0.232. The van der Waals surface area contributed by atoms with E-state index in [-0.39, 0.29) is 17.8 Å². The first-order chi connectivity index (χ1) is 6.02. The van der Waals surface area contributed by atoms with Crippen LogP contribution in [0.15, 0.2) is 11.6 Å². The van der Waals surface area contributed by atoms with Crippen molar-refractivity contribution >= 4 is 5.78 Å². The van der Waals surface area contributed by atoms with E-state index in [2.05, 4.69) is 0 Å². The van der Waals surface area contributed by atoms with E-state index >= 15 is 0 Å². The molecule has 0 aromatic heterocycles. The van der Waals surface area contributed by atoms with Crippen LogP contribution in [0.25, 0.3) is 0 Å². The van der Waals surface area contributed by atoms with Gasteiger partial charge in [-0.1, -0.05) is 26.8 Å².